The Bertz CT molecular complexity index is 497. The summed E-state index contributed by atoms with van der Waals surface area (Å²) in [5.74, 6) is 1.13. The predicted molar refractivity (Wildman–Crippen MR) is 75.7 cm³/mol. The third-order valence-corrected chi connectivity index (χ3v) is 4.63. The van der Waals surface area contributed by atoms with Gasteiger partial charge in [-0.05, 0) is 32.4 Å². The van der Waals surface area contributed by atoms with Crippen LogP contribution < -0.4 is 10.0 Å². The first-order valence-corrected chi connectivity index (χ1v) is 8.63. The first-order valence-electron chi connectivity index (χ1n) is 5.75. The SMILES string of the molecule is CNS(=O)(=O)c1ccc(CNCC(C)(O)CSC)o1. The average molecular weight is 308 g/mol. The Hall–Kier alpha value is -0.540. The molecule has 0 radical (unpaired) electrons. The van der Waals surface area contributed by atoms with Crippen LogP contribution in [0, 0.1) is 0 Å². The minimum Gasteiger partial charge on any atom is -0.447 e. The van der Waals surface area contributed by atoms with Gasteiger partial charge in [-0.2, -0.15) is 11.8 Å². The lowest BCUT2D eigenvalue weighted by atomic mass is 10.1. The van der Waals surface area contributed by atoms with Gasteiger partial charge >= 0.3 is 0 Å². The van der Waals surface area contributed by atoms with Crippen LogP contribution in [0.4, 0.5) is 0 Å². The summed E-state index contributed by atoms with van der Waals surface area (Å²) in [4.78, 5) is 0. The Morgan fingerprint density at radius 1 is 1.47 bits per heavy atom. The normalized spacial score (nSPS) is 15.4. The highest BCUT2D eigenvalue weighted by Gasteiger charge is 2.20. The topological polar surface area (TPSA) is 91.6 Å². The standard InChI is InChI=1S/C11H20N2O4S2/c1-11(14,8-18-3)7-13-6-9-4-5-10(17-9)19(15,16)12-2/h4-5,12-14H,6-8H2,1-3H3. The first kappa shape index (κ1) is 16.5. The highest BCUT2D eigenvalue weighted by Crippen LogP contribution is 2.14. The molecule has 6 nitrogen and oxygen atoms in total. The van der Waals surface area contributed by atoms with Gasteiger partial charge in [0, 0.05) is 12.3 Å². The van der Waals surface area contributed by atoms with Crippen molar-refractivity contribution in [2.45, 2.75) is 24.2 Å². The van der Waals surface area contributed by atoms with Gasteiger partial charge in [0.05, 0.1) is 12.1 Å². The van der Waals surface area contributed by atoms with Gasteiger partial charge in [-0.15, -0.1) is 0 Å². The van der Waals surface area contributed by atoms with E-state index in [0.717, 1.165) is 0 Å². The molecule has 0 saturated heterocycles. The highest BCUT2D eigenvalue weighted by atomic mass is 32.2. The monoisotopic (exact) mass is 308 g/mol. The molecule has 1 atom stereocenters. The summed E-state index contributed by atoms with van der Waals surface area (Å²) in [5, 5.41) is 12.9. The van der Waals surface area contributed by atoms with Crippen LogP contribution in [0.2, 0.25) is 0 Å². The molecule has 8 heteroatoms. The van der Waals surface area contributed by atoms with Gasteiger partial charge in [0.15, 0.2) is 0 Å². The predicted octanol–water partition coefficient (Wildman–Crippen LogP) is 0.391. The average Bonchev–Trinajstić information content (AvgIpc) is 2.78. The zero-order chi connectivity index (χ0) is 14.5. The summed E-state index contributed by atoms with van der Waals surface area (Å²) in [6.45, 7) is 2.52. The van der Waals surface area contributed by atoms with E-state index in [2.05, 4.69) is 10.0 Å². The van der Waals surface area contributed by atoms with Crippen molar-refractivity contribution < 1.29 is 17.9 Å². The summed E-state index contributed by atoms with van der Waals surface area (Å²) in [6, 6.07) is 3.00. The van der Waals surface area contributed by atoms with Gasteiger partial charge in [0.1, 0.15) is 5.76 Å². The summed E-state index contributed by atoms with van der Waals surface area (Å²) in [7, 11) is -2.21. The second kappa shape index (κ2) is 6.76. The Morgan fingerprint density at radius 3 is 2.74 bits per heavy atom. The van der Waals surface area contributed by atoms with Crippen molar-refractivity contribution in [1.29, 1.82) is 0 Å². The number of aliphatic hydroxyl groups is 1. The van der Waals surface area contributed by atoms with Crippen LogP contribution in [0.5, 0.6) is 0 Å². The van der Waals surface area contributed by atoms with Gasteiger partial charge < -0.3 is 14.8 Å². The number of sulfonamides is 1. The van der Waals surface area contributed by atoms with Crippen molar-refractivity contribution in [3.05, 3.63) is 17.9 Å². The molecule has 1 aromatic rings. The molecule has 0 aliphatic carbocycles. The van der Waals surface area contributed by atoms with E-state index >= 15 is 0 Å². The number of hydrogen-bond donors (Lipinski definition) is 3. The van der Waals surface area contributed by atoms with Crippen LogP contribution in [-0.4, -0.2) is 44.7 Å². The van der Waals surface area contributed by atoms with Crippen LogP contribution in [0.15, 0.2) is 21.6 Å². The van der Waals surface area contributed by atoms with Crippen LogP contribution in [0.3, 0.4) is 0 Å². The Balaban J connectivity index is 2.52. The summed E-state index contributed by atoms with van der Waals surface area (Å²) < 4.78 is 30.3. The van der Waals surface area contributed by atoms with Crippen molar-refractivity contribution in [2.75, 3.05) is 25.6 Å². The number of hydrogen-bond acceptors (Lipinski definition) is 6. The molecule has 1 unspecified atom stereocenters. The van der Waals surface area contributed by atoms with Gasteiger partial charge in [-0.1, -0.05) is 0 Å². The number of nitrogens with one attached hydrogen (secondary N) is 2. The van der Waals surface area contributed by atoms with Crippen LogP contribution in [0.25, 0.3) is 0 Å². The van der Waals surface area contributed by atoms with E-state index < -0.39 is 15.6 Å². The molecule has 19 heavy (non-hydrogen) atoms. The molecule has 0 bridgehead atoms. The minimum atomic E-state index is -3.54. The molecular formula is C11H20N2O4S2. The molecule has 0 aromatic carbocycles. The van der Waals surface area contributed by atoms with Crippen LogP contribution in [0.1, 0.15) is 12.7 Å². The van der Waals surface area contributed by atoms with E-state index in [9.17, 15) is 13.5 Å². The largest absolute Gasteiger partial charge is 0.447 e. The fraction of sp³-hybridized carbons (Fsp3) is 0.636. The lowest BCUT2D eigenvalue weighted by Crippen LogP contribution is -2.39. The van der Waals surface area contributed by atoms with E-state index in [1.165, 1.54) is 13.1 Å². The maximum Gasteiger partial charge on any atom is 0.273 e. The molecule has 1 heterocycles. The summed E-state index contributed by atoms with van der Waals surface area (Å²) in [6.07, 6.45) is 1.93. The van der Waals surface area contributed by atoms with E-state index in [4.69, 9.17) is 4.42 Å². The third-order valence-electron chi connectivity index (χ3n) is 2.43. The molecule has 1 aromatic heterocycles. The maximum absolute atomic E-state index is 11.5. The number of furan rings is 1. The summed E-state index contributed by atoms with van der Waals surface area (Å²) >= 11 is 1.56. The fourth-order valence-corrected chi connectivity index (χ4v) is 2.90. The molecule has 3 N–H and O–H groups in total. The molecule has 0 amide bonds. The Labute approximate surface area is 118 Å². The smallest absolute Gasteiger partial charge is 0.273 e. The highest BCUT2D eigenvalue weighted by molar-refractivity contribution is 7.98. The zero-order valence-corrected chi connectivity index (χ0v) is 12.9. The van der Waals surface area contributed by atoms with Crippen molar-refractivity contribution >= 4 is 21.8 Å². The second-order valence-electron chi connectivity index (χ2n) is 4.46. The Kier molecular flexibility index (Phi) is 5.87. The quantitative estimate of drug-likeness (QED) is 0.643. The van der Waals surface area contributed by atoms with Gasteiger partial charge in [-0.25, -0.2) is 13.1 Å². The van der Waals surface area contributed by atoms with E-state index in [-0.39, 0.29) is 5.09 Å². The van der Waals surface area contributed by atoms with E-state index in [1.54, 1.807) is 24.8 Å². The number of thioether (sulfide) groups is 1. The Morgan fingerprint density at radius 2 is 2.16 bits per heavy atom. The van der Waals surface area contributed by atoms with E-state index in [1.807, 2.05) is 6.26 Å². The molecular weight excluding hydrogens is 288 g/mol. The summed E-state index contributed by atoms with van der Waals surface area (Å²) in [5.41, 5.74) is -0.800. The molecule has 0 aliphatic heterocycles. The first-order chi connectivity index (χ1) is 8.80. The molecule has 0 saturated carbocycles. The van der Waals surface area contributed by atoms with E-state index in [0.29, 0.717) is 24.6 Å². The van der Waals surface area contributed by atoms with Crippen LogP contribution >= 0.6 is 11.8 Å². The molecule has 0 aliphatic rings. The second-order valence-corrected chi connectivity index (χ2v) is 7.15. The zero-order valence-electron chi connectivity index (χ0n) is 11.3. The third kappa shape index (κ3) is 5.15. The molecule has 1 rings (SSSR count). The molecule has 0 fully saturated rings. The number of rotatable bonds is 8. The van der Waals surface area contributed by atoms with Crippen LogP contribution in [-0.2, 0) is 16.6 Å². The molecule has 110 valence electrons. The van der Waals surface area contributed by atoms with Gasteiger partial charge in [0.25, 0.3) is 10.0 Å². The maximum atomic E-state index is 11.5. The van der Waals surface area contributed by atoms with Crippen molar-refractivity contribution in [2.24, 2.45) is 0 Å². The van der Waals surface area contributed by atoms with Gasteiger partial charge in [0.2, 0.25) is 5.09 Å². The lowest BCUT2D eigenvalue weighted by molar-refractivity contribution is 0.0839. The van der Waals surface area contributed by atoms with Gasteiger partial charge in [-0.3, -0.25) is 0 Å². The lowest BCUT2D eigenvalue weighted by Gasteiger charge is -2.22. The molecule has 0 spiro atoms. The van der Waals surface area contributed by atoms with Crippen molar-refractivity contribution in [3.8, 4) is 0 Å². The van der Waals surface area contributed by atoms with Crippen molar-refractivity contribution in [1.82, 2.24) is 10.0 Å². The minimum absolute atomic E-state index is 0.109. The fourth-order valence-electron chi connectivity index (χ4n) is 1.52. The van der Waals surface area contributed by atoms with Crippen molar-refractivity contribution in [3.63, 3.8) is 0 Å².